The van der Waals surface area contributed by atoms with Gasteiger partial charge in [0, 0.05) is 16.7 Å². The van der Waals surface area contributed by atoms with Crippen molar-refractivity contribution in [2.24, 2.45) is 11.7 Å². The van der Waals surface area contributed by atoms with Crippen LogP contribution in [0.4, 0.5) is 0 Å². The lowest BCUT2D eigenvalue weighted by atomic mass is 9.88. The van der Waals surface area contributed by atoms with E-state index in [0.717, 1.165) is 11.8 Å². The molecule has 16 heavy (non-hydrogen) atoms. The minimum Gasteiger partial charge on any atom is -0.327 e. The van der Waals surface area contributed by atoms with Gasteiger partial charge in [-0.15, -0.1) is 11.8 Å². The highest BCUT2D eigenvalue weighted by Gasteiger charge is 2.30. The smallest absolute Gasteiger partial charge is 0.0107 e. The first kappa shape index (κ1) is 10.7. The first-order chi connectivity index (χ1) is 7.84. The van der Waals surface area contributed by atoms with E-state index in [1.807, 2.05) is 11.8 Å². The first-order valence-electron chi connectivity index (χ1n) is 6.32. The van der Waals surface area contributed by atoms with Crippen LogP contribution in [0.3, 0.4) is 0 Å². The molecule has 1 aromatic rings. The van der Waals surface area contributed by atoms with Crippen LogP contribution < -0.4 is 5.73 Å². The Morgan fingerprint density at radius 3 is 2.94 bits per heavy atom. The summed E-state index contributed by atoms with van der Waals surface area (Å²) in [5.74, 6) is 2.80. The number of hydrogen-bond acceptors (Lipinski definition) is 2. The molecule has 1 aliphatic heterocycles. The van der Waals surface area contributed by atoms with Crippen LogP contribution >= 0.6 is 11.8 Å². The second-order valence-corrected chi connectivity index (χ2v) is 6.20. The molecule has 0 amide bonds. The van der Waals surface area contributed by atoms with E-state index in [4.69, 9.17) is 5.73 Å². The van der Waals surface area contributed by atoms with Crippen LogP contribution in [0.25, 0.3) is 0 Å². The predicted octanol–water partition coefficient (Wildman–Crippen LogP) is 3.39. The fourth-order valence-electron chi connectivity index (χ4n) is 3.15. The van der Waals surface area contributed by atoms with E-state index in [1.165, 1.54) is 36.3 Å². The maximum Gasteiger partial charge on any atom is 0.0107 e. The van der Waals surface area contributed by atoms with E-state index < -0.39 is 0 Å². The third kappa shape index (κ3) is 1.89. The standard InChI is InChI=1S/C14H19NS/c15-13-6-3-4-10(13)8-11-9-16-14-7-2-1-5-12(11)14/h1-2,5,7,10-11,13H,3-4,6,8-9,15H2. The molecular formula is C14H19NS. The third-order valence-corrected chi connectivity index (χ3v) is 5.36. The Labute approximate surface area is 102 Å². The maximum atomic E-state index is 6.17. The van der Waals surface area contributed by atoms with Crippen molar-refractivity contribution in [3.05, 3.63) is 29.8 Å². The average molecular weight is 233 g/mol. The molecule has 2 aliphatic rings. The molecule has 3 rings (SSSR count). The highest BCUT2D eigenvalue weighted by molar-refractivity contribution is 7.99. The van der Waals surface area contributed by atoms with E-state index in [2.05, 4.69) is 24.3 Å². The number of hydrogen-bond donors (Lipinski definition) is 1. The molecule has 1 heterocycles. The molecule has 0 spiro atoms. The summed E-state index contributed by atoms with van der Waals surface area (Å²) < 4.78 is 0. The molecular weight excluding hydrogens is 214 g/mol. The van der Waals surface area contributed by atoms with E-state index in [-0.39, 0.29) is 0 Å². The summed E-state index contributed by atoms with van der Waals surface area (Å²) in [5, 5.41) is 0. The second-order valence-electron chi connectivity index (χ2n) is 5.14. The Hall–Kier alpha value is -0.470. The number of thioether (sulfide) groups is 1. The molecule has 1 saturated carbocycles. The number of fused-ring (bicyclic) bond motifs is 1. The monoisotopic (exact) mass is 233 g/mol. The maximum absolute atomic E-state index is 6.17. The zero-order valence-corrected chi connectivity index (χ0v) is 10.4. The second kappa shape index (κ2) is 4.42. The van der Waals surface area contributed by atoms with Crippen LogP contribution in [0.15, 0.2) is 29.2 Å². The van der Waals surface area contributed by atoms with Gasteiger partial charge in [0.1, 0.15) is 0 Å². The lowest BCUT2D eigenvalue weighted by Gasteiger charge is -2.19. The molecule has 1 aliphatic carbocycles. The largest absolute Gasteiger partial charge is 0.327 e. The minimum absolute atomic E-state index is 0.470. The Balaban J connectivity index is 1.73. The fourth-order valence-corrected chi connectivity index (χ4v) is 4.42. The quantitative estimate of drug-likeness (QED) is 0.847. The van der Waals surface area contributed by atoms with Crippen molar-refractivity contribution in [2.45, 2.75) is 42.5 Å². The van der Waals surface area contributed by atoms with E-state index in [0.29, 0.717) is 6.04 Å². The van der Waals surface area contributed by atoms with Crippen LogP contribution in [-0.2, 0) is 0 Å². The summed E-state index contributed by atoms with van der Waals surface area (Å²) in [6.45, 7) is 0. The van der Waals surface area contributed by atoms with E-state index in [9.17, 15) is 0 Å². The summed E-state index contributed by atoms with van der Waals surface area (Å²) in [6, 6.07) is 9.36. The SMILES string of the molecule is NC1CCCC1CC1CSc2ccccc21. The van der Waals surface area contributed by atoms with Crippen LogP contribution in [0, 0.1) is 5.92 Å². The molecule has 0 saturated heterocycles. The fraction of sp³-hybridized carbons (Fsp3) is 0.571. The number of benzene rings is 1. The Morgan fingerprint density at radius 1 is 1.25 bits per heavy atom. The summed E-state index contributed by atoms with van der Waals surface area (Å²) >= 11 is 2.02. The molecule has 3 atom stereocenters. The van der Waals surface area contributed by atoms with Crippen molar-refractivity contribution in [3.63, 3.8) is 0 Å². The van der Waals surface area contributed by atoms with Crippen LogP contribution in [-0.4, -0.2) is 11.8 Å². The lowest BCUT2D eigenvalue weighted by Crippen LogP contribution is -2.25. The Bertz CT molecular complexity index is 377. The summed E-state index contributed by atoms with van der Waals surface area (Å²) in [6.07, 6.45) is 5.25. The summed E-state index contributed by atoms with van der Waals surface area (Å²) in [7, 11) is 0. The van der Waals surface area contributed by atoms with Crippen molar-refractivity contribution in [2.75, 3.05) is 5.75 Å². The van der Waals surface area contributed by atoms with Crippen molar-refractivity contribution in [1.82, 2.24) is 0 Å². The molecule has 0 aromatic heterocycles. The number of nitrogens with two attached hydrogens (primary N) is 1. The van der Waals surface area contributed by atoms with Crippen molar-refractivity contribution >= 4 is 11.8 Å². The third-order valence-electron chi connectivity index (χ3n) is 4.10. The van der Waals surface area contributed by atoms with Gasteiger partial charge in [0.2, 0.25) is 0 Å². The van der Waals surface area contributed by atoms with Gasteiger partial charge in [-0.25, -0.2) is 0 Å². The van der Waals surface area contributed by atoms with Gasteiger partial charge < -0.3 is 5.73 Å². The molecule has 1 fully saturated rings. The number of rotatable bonds is 2. The normalized spacial score (nSPS) is 32.9. The van der Waals surface area contributed by atoms with Gasteiger partial charge >= 0.3 is 0 Å². The van der Waals surface area contributed by atoms with Crippen molar-refractivity contribution in [3.8, 4) is 0 Å². The molecule has 1 nitrogen and oxygen atoms in total. The zero-order valence-electron chi connectivity index (χ0n) is 9.56. The highest BCUT2D eigenvalue weighted by Crippen LogP contribution is 2.44. The van der Waals surface area contributed by atoms with Gasteiger partial charge in [0.15, 0.2) is 0 Å². The summed E-state index contributed by atoms with van der Waals surface area (Å²) in [5.41, 5.74) is 7.75. The molecule has 3 unspecified atom stereocenters. The topological polar surface area (TPSA) is 26.0 Å². The molecule has 2 N–H and O–H groups in total. The van der Waals surface area contributed by atoms with Gasteiger partial charge in [-0.3, -0.25) is 0 Å². The Kier molecular flexibility index (Phi) is 2.95. The van der Waals surface area contributed by atoms with Crippen LogP contribution in [0.5, 0.6) is 0 Å². The van der Waals surface area contributed by atoms with Crippen molar-refractivity contribution in [1.29, 1.82) is 0 Å². The van der Waals surface area contributed by atoms with Gasteiger partial charge in [0.05, 0.1) is 0 Å². The molecule has 1 aromatic carbocycles. The Morgan fingerprint density at radius 2 is 2.12 bits per heavy atom. The lowest BCUT2D eigenvalue weighted by molar-refractivity contribution is 0.418. The minimum atomic E-state index is 0.470. The van der Waals surface area contributed by atoms with E-state index >= 15 is 0 Å². The first-order valence-corrected chi connectivity index (χ1v) is 7.30. The van der Waals surface area contributed by atoms with Gasteiger partial charge in [-0.05, 0) is 42.7 Å². The highest BCUT2D eigenvalue weighted by atomic mass is 32.2. The average Bonchev–Trinajstić information content (AvgIpc) is 2.88. The van der Waals surface area contributed by atoms with Gasteiger partial charge in [0.25, 0.3) is 0 Å². The molecule has 86 valence electrons. The zero-order chi connectivity index (χ0) is 11.0. The molecule has 2 heteroatoms. The molecule has 0 radical (unpaired) electrons. The van der Waals surface area contributed by atoms with E-state index in [1.54, 1.807) is 5.56 Å². The summed E-state index contributed by atoms with van der Waals surface area (Å²) in [4.78, 5) is 1.50. The van der Waals surface area contributed by atoms with Crippen LogP contribution in [0.1, 0.15) is 37.2 Å². The van der Waals surface area contributed by atoms with Crippen LogP contribution in [0.2, 0.25) is 0 Å². The molecule has 0 bridgehead atoms. The van der Waals surface area contributed by atoms with Crippen molar-refractivity contribution < 1.29 is 0 Å². The van der Waals surface area contributed by atoms with Gasteiger partial charge in [-0.1, -0.05) is 24.6 Å². The van der Waals surface area contributed by atoms with Gasteiger partial charge in [-0.2, -0.15) is 0 Å². The predicted molar refractivity (Wildman–Crippen MR) is 69.8 cm³/mol.